The van der Waals surface area contributed by atoms with Gasteiger partial charge < -0.3 is 11.1 Å². The van der Waals surface area contributed by atoms with Crippen LogP contribution in [0, 0.1) is 0 Å². The fourth-order valence-corrected chi connectivity index (χ4v) is 3.75. The zero-order valence-electron chi connectivity index (χ0n) is 17.4. The highest BCUT2D eigenvalue weighted by atomic mass is 32.2. The number of alkyl halides is 3. The molecule has 3 nitrogen and oxygen atoms in total. The predicted octanol–water partition coefficient (Wildman–Crippen LogP) is 6.99. The van der Waals surface area contributed by atoms with Crippen LogP contribution in [-0.2, 0) is 11.6 Å². The van der Waals surface area contributed by atoms with E-state index in [2.05, 4.69) is 38.2 Å². The van der Waals surface area contributed by atoms with Gasteiger partial charge in [0.25, 0.3) is 5.91 Å². The lowest BCUT2D eigenvalue weighted by molar-refractivity contribution is -0.137. The second-order valence-electron chi connectivity index (χ2n) is 8.16. The summed E-state index contributed by atoms with van der Waals surface area (Å²) in [5.74, 6) is -0.635. The molecule has 0 aromatic heterocycles. The van der Waals surface area contributed by atoms with E-state index in [1.807, 2.05) is 12.1 Å². The highest BCUT2D eigenvalue weighted by Gasteiger charge is 2.30. The Labute approximate surface area is 183 Å². The SMILES string of the molecule is CC(C)(C)c1ccc(Sc2ccc(NC(=O)c3cccc(C(F)(F)F)c3)cc2N)cc1. The first-order chi connectivity index (χ1) is 14.4. The maximum Gasteiger partial charge on any atom is 0.416 e. The van der Waals surface area contributed by atoms with E-state index >= 15 is 0 Å². The number of carbonyl (C=O) groups excluding carboxylic acids is 1. The summed E-state index contributed by atoms with van der Waals surface area (Å²) in [5.41, 5.74) is 7.37. The van der Waals surface area contributed by atoms with E-state index in [1.165, 1.54) is 29.5 Å². The van der Waals surface area contributed by atoms with Gasteiger partial charge in [0.2, 0.25) is 0 Å². The van der Waals surface area contributed by atoms with Gasteiger partial charge in [-0.1, -0.05) is 50.7 Å². The minimum absolute atomic E-state index is 0.0711. The van der Waals surface area contributed by atoms with Crippen LogP contribution in [0.4, 0.5) is 24.5 Å². The Bertz CT molecular complexity index is 1090. The maximum absolute atomic E-state index is 12.9. The number of nitrogen functional groups attached to an aromatic ring is 1. The first-order valence-corrected chi connectivity index (χ1v) is 10.4. The van der Waals surface area contributed by atoms with Crippen molar-refractivity contribution < 1.29 is 18.0 Å². The van der Waals surface area contributed by atoms with Crippen molar-refractivity contribution in [3.63, 3.8) is 0 Å². The third-order valence-corrected chi connectivity index (χ3v) is 5.77. The van der Waals surface area contributed by atoms with Gasteiger partial charge in [0.1, 0.15) is 0 Å². The Morgan fingerprint density at radius 3 is 2.16 bits per heavy atom. The number of benzene rings is 3. The van der Waals surface area contributed by atoms with Crippen LogP contribution in [0.3, 0.4) is 0 Å². The number of nitrogens with two attached hydrogens (primary N) is 1. The molecular formula is C24H23F3N2OS. The second-order valence-corrected chi connectivity index (χ2v) is 9.28. The number of anilines is 2. The number of hydrogen-bond donors (Lipinski definition) is 2. The summed E-state index contributed by atoms with van der Waals surface area (Å²) in [6.07, 6.45) is -4.51. The smallest absolute Gasteiger partial charge is 0.398 e. The number of hydrogen-bond acceptors (Lipinski definition) is 3. The minimum atomic E-state index is -4.51. The summed E-state index contributed by atoms with van der Waals surface area (Å²) in [6, 6.07) is 17.6. The van der Waals surface area contributed by atoms with Gasteiger partial charge in [0.15, 0.2) is 0 Å². The van der Waals surface area contributed by atoms with Gasteiger partial charge in [0.05, 0.1) is 5.56 Å². The van der Waals surface area contributed by atoms with E-state index in [1.54, 1.807) is 18.2 Å². The van der Waals surface area contributed by atoms with Gasteiger partial charge in [-0.2, -0.15) is 13.2 Å². The number of amides is 1. The lowest BCUT2D eigenvalue weighted by atomic mass is 9.87. The summed E-state index contributed by atoms with van der Waals surface area (Å²) < 4.78 is 38.6. The summed E-state index contributed by atoms with van der Waals surface area (Å²) >= 11 is 1.50. The molecule has 0 bridgehead atoms. The van der Waals surface area contributed by atoms with Crippen molar-refractivity contribution in [3.8, 4) is 0 Å². The van der Waals surface area contributed by atoms with Crippen molar-refractivity contribution in [3.05, 3.63) is 83.4 Å². The highest BCUT2D eigenvalue weighted by Crippen LogP contribution is 2.35. The molecule has 0 aliphatic rings. The number of carbonyl (C=O) groups is 1. The molecule has 7 heteroatoms. The summed E-state index contributed by atoms with van der Waals surface area (Å²) in [4.78, 5) is 14.2. The normalized spacial score (nSPS) is 11.9. The fraction of sp³-hybridized carbons (Fsp3) is 0.208. The Kier molecular flexibility index (Phi) is 6.36. The van der Waals surface area contributed by atoms with Crippen LogP contribution < -0.4 is 11.1 Å². The topological polar surface area (TPSA) is 55.1 Å². The Morgan fingerprint density at radius 1 is 0.903 bits per heavy atom. The zero-order valence-corrected chi connectivity index (χ0v) is 18.2. The molecule has 0 aliphatic carbocycles. The van der Waals surface area contributed by atoms with Crippen LogP contribution in [0.2, 0.25) is 0 Å². The Balaban J connectivity index is 1.72. The monoisotopic (exact) mass is 444 g/mol. The summed E-state index contributed by atoms with van der Waals surface area (Å²) in [5, 5.41) is 2.60. The largest absolute Gasteiger partial charge is 0.416 e. The Morgan fingerprint density at radius 2 is 1.58 bits per heavy atom. The van der Waals surface area contributed by atoms with Gasteiger partial charge in [-0.25, -0.2) is 0 Å². The third kappa shape index (κ3) is 5.82. The highest BCUT2D eigenvalue weighted by molar-refractivity contribution is 7.99. The van der Waals surface area contributed by atoms with Crippen LogP contribution >= 0.6 is 11.8 Å². The molecule has 0 fully saturated rings. The molecule has 3 rings (SSSR count). The first-order valence-electron chi connectivity index (χ1n) is 9.60. The lowest BCUT2D eigenvalue weighted by Crippen LogP contribution is -2.14. The molecule has 1 amide bonds. The number of nitrogens with one attached hydrogen (secondary N) is 1. The van der Waals surface area contributed by atoms with E-state index in [4.69, 9.17) is 5.73 Å². The van der Waals surface area contributed by atoms with Crippen molar-refractivity contribution in [1.29, 1.82) is 0 Å². The van der Waals surface area contributed by atoms with Crippen LogP contribution in [-0.4, -0.2) is 5.91 Å². The molecule has 0 spiro atoms. The molecule has 0 heterocycles. The molecule has 0 unspecified atom stereocenters. The average Bonchev–Trinajstić information content (AvgIpc) is 2.69. The quantitative estimate of drug-likeness (QED) is 0.427. The van der Waals surface area contributed by atoms with E-state index < -0.39 is 17.6 Å². The van der Waals surface area contributed by atoms with E-state index in [0.29, 0.717) is 11.4 Å². The van der Waals surface area contributed by atoms with E-state index in [9.17, 15) is 18.0 Å². The molecule has 0 saturated heterocycles. The standard InChI is InChI=1S/C24H23F3N2OS/c1-23(2,3)16-7-10-19(11-8-16)31-21-12-9-18(14-20(21)28)29-22(30)15-5-4-6-17(13-15)24(25,26)27/h4-14H,28H2,1-3H3,(H,29,30). The zero-order chi connectivity index (χ0) is 22.8. The van der Waals surface area contributed by atoms with Crippen molar-refractivity contribution >= 4 is 29.0 Å². The first kappa shape index (κ1) is 22.7. The number of rotatable bonds is 4. The summed E-state index contributed by atoms with van der Waals surface area (Å²) in [6.45, 7) is 6.46. The predicted molar refractivity (Wildman–Crippen MR) is 120 cm³/mol. The van der Waals surface area contributed by atoms with Crippen molar-refractivity contribution in [2.24, 2.45) is 0 Å². The van der Waals surface area contributed by atoms with Crippen molar-refractivity contribution in [1.82, 2.24) is 0 Å². The molecule has 0 radical (unpaired) electrons. The van der Waals surface area contributed by atoms with Gasteiger partial charge in [-0.15, -0.1) is 0 Å². The molecule has 0 atom stereocenters. The summed E-state index contributed by atoms with van der Waals surface area (Å²) in [7, 11) is 0. The van der Waals surface area contributed by atoms with Crippen molar-refractivity contribution in [2.75, 3.05) is 11.1 Å². The molecule has 31 heavy (non-hydrogen) atoms. The Hall–Kier alpha value is -2.93. The fourth-order valence-electron chi connectivity index (χ4n) is 2.91. The average molecular weight is 445 g/mol. The van der Waals surface area contributed by atoms with Gasteiger partial charge in [-0.05, 0) is 59.5 Å². The molecule has 162 valence electrons. The van der Waals surface area contributed by atoms with Crippen molar-refractivity contribution in [2.45, 2.75) is 42.2 Å². The van der Waals surface area contributed by atoms with Crippen LogP contribution in [0.25, 0.3) is 0 Å². The molecule has 3 N–H and O–H groups in total. The van der Waals surface area contributed by atoms with Gasteiger partial charge in [0, 0.05) is 26.7 Å². The molecule has 0 aliphatic heterocycles. The van der Waals surface area contributed by atoms with Crippen LogP contribution in [0.1, 0.15) is 42.3 Å². The third-order valence-electron chi connectivity index (χ3n) is 4.67. The van der Waals surface area contributed by atoms with Gasteiger partial charge >= 0.3 is 6.18 Å². The molecule has 0 saturated carbocycles. The van der Waals surface area contributed by atoms with Crippen LogP contribution in [0.5, 0.6) is 0 Å². The molecular weight excluding hydrogens is 421 g/mol. The lowest BCUT2D eigenvalue weighted by Gasteiger charge is -2.19. The van der Waals surface area contributed by atoms with Crippen LogP contribution in [0.15, 0.2) is 76.5 Å². The molecule has 3 aromatic rings. The van der Waals surface area contributed by atoms with E-state index in [-0.39, 0.29) is 11.0 Å². The van der Waals surface area contributed by atoms with Gasteiger partial charge in [-0.3, -0.25) is 4.79 Å². The minimum Gasteiger partial charge on any atom is -0.398 e. The second kappa shape index (κ2) is 8.67. The molecule has 3 aromatic carbocycles. The number of halogens is 3. The van der Waals surface area contributed by atoms with E-state index in [0.717, 1.165) is 21.9 Å². The maximum atomic E-state index is 12.9.